The number of hydrogen-bond donors (Lipinski definition) is 1. The Balaban J connectivity index is 2.23. The van der Waals surface area contributed by atoms with E-state index in [1.54, 1.807) is 13.8 Å². The van der Waals surface area contributed by atoms with Crippen molar-refractivity contribution in [1.29, 1.82) is 0 Å². The van der Waals surface area contributed by atoms with Crippen molar-refractivity contribution in [2.45, 2.75) is 58.0 Å². The molecule has 1 amide bonds. The first-order chi connectivity index (χ1) is 11.6. The van der Waals surface area contributed by atoms with Crippen molar-refractivity contribution in [2.24, 2.45) is 0 Å². The van der Waals surface area contributed by atoms with Crippen LogP contribution in [0.5, 0.6) is 0 Å². The maximum Gasteiger partial charge on any atom is 0.330 e. The van der Waals surface area contributed by atoms with Crippen LogP contribution in [0.3, 0.4) is 0 Å². The molecule has 0 unspecified atom stereocenters. The van der Waals surface area contributed by atoms with Crippen molar-refractivity contribution in [1.82, 2.24) is 10.2 Å². The molecule has 2 atom stereocenters. The van der Waals surface area contributed by atoms with Crippen LogP contribution in [0.25, 0.3) is 0 Å². The quantitative estimate of drug-likeness (QED) is 0.827. The fourth-order valence-electron chi connectivity index (χ4n) is 3.33. The monoisotopic (exact) mass is 348 g/mol. The smallest absolute Gasteiger partial charge is 0.330 e. The van der Waals surface area contributed by atoms with Crippen LogP contribution < -0.4 is 5.32 Å². The van der Waals surface area contributed by atoms with Gasteiger partial charge in [0.25, 0.3) is 0 Å². The van der Waals surface area contributed by atoms with Gasteiger partial charge in [0.2, 0.25) is 5.91 Å². The Morgan fingerprint density at radius 1 is 1.32 bits per heavy atom. The van der Waals surface area contributed by atoms with E-state index in [1.165, 1.54) is 7.11 Å². The highest BCUT2D eigenvalue weighted by Gasteiger charge is 2.46. The molecule has 0 aliphatic carbocycles. The summed E-state index contributed by atoms with van der Waals surface area (Å²) in [4.78, 5) is 26.7. The van der Waals surface area contributed by atoms with Gasteiger partial charge in [-0.3, -0.25) is 9.69 Å². The number of benzene rings is 1. The lowest BCUT2D eigenvalue weighted by Crippen LogP contribution is -2.58. The van der Waals surface area contributed by atoms with Gasteiger partial charge in [0.15, 0.2) is 0 Å². The first kappa shape index (κ1) is 19.4. The van der Waals surface area contributed by atoms with E-state index in [1.807, 2.05) is 56.0 Å². The van der Waals surface area contributed by atoms with Crippen molar-refractivity contribution >= 4 is 11.9 Å². The molecule has 0 saturated carbocycles. The summed E-state index contributed by atoms with van der Waals surface area (Å²) in [6.07, 6.45) is 0. The average molecular weight is 348 g/mol. The summed E-state index contributed by atoms with van der Waals surface area (Å²) in [5.74, 6) is -0.723. The highest BCUT2D eigenvalue weighted by Crippen LogP contribution is 2.38. The number of amides is 1. The predicted octanol–water partition coefficient (Wildman–Crippen LogP) is 2.25. The second-order valence-electron chi connectivity index (χ2n) is 7.37. The summed E-state index contributed by atoms with van der Waals surface area (Å²) in [7, 11) is 1.31. The highest BCUT2D eigenvalue weighted by atomic mass is 16.5. The lowest BCUT2D eigenvalue weighted by atomic mass is 10.0. The van der Waals surface area contributed by atoms with Crippen LogP contribution in [0.1, 0.15) is 46.2 Å². The molecule has 25 heavy (non-hydrogen) atoms. The molecule has 1 heterocycles. The largest absolute Gasteiger partial charge is 0.467 e. The Bertz CT molecular complexity index is 628. The van der Waals surface area contributed by atoms with E-state index >= 15 is 0 Å². The zero-order valence-corrected chi connectivity index (χ0v) is 15.8. The van der Waals surface area contributed by atoms with Gasteiger partial charge < -0.3 is 14.8 Å². The SMILES string of the molecule is COC(=O)C(C)(C)NC(=O)[C@@H](C)N1[C@H](c2ccccc2)COC1(C)C. The molecule has 1 aliphatic heterocycles. The van der Waals surface area contributed by atoms with E-state index in [-0.39, 0.29) is 11.9 Å². The molecule has 1 aliphatic rings. The molecule has 2 rings (SSSR count). The van der Waals surface area contributed by atoms with E-state index < -0.39 is 23.3 Å². The van der Waals surface area contributed by atoms with E-state index in [0.29, 0.717) is 6.61 Å². The first-order valence-corrected chi connectivity index (χ1v) is 8.48. The van der Waals surface area contributed by atoms with E-state index in [0.717, 1.165) is 5.56 Å². The van der Waals surface area contributed by atoms with Crippen LogP contribution >= 0.6 is 0 Å². The second-order valence-corrected chi connectivity index (χ2v) is 7.37. The van der Waals surface area contributed by atoms with Gasteiger partial charge in [-0.25, -0.2) is 4.79 Å². The summed E-state index contributed by atoms with van der Waals surface area (Å²) in [5, 5.41) is 2.78. The number of nitrogens with one attached hydrogen (secondary N) is 1. The predicted molar refractivity (Wildman–Crippen MR) is 94.8 cm³/mol. The normalized spacial score (nSPS) is 21.6. The third-order valence-corrected chi connectivity index (χ3v) is 4.66. The molecular formula is C19H28N2O4. The summed E-state index contributed by atoms with van der Waals surface area (Å²) in [6, 6.07) is 9.47. The van der Waals surface area contributed by atoms with Gasteiger partial charge in [0, 0.05) is 0 Å². The van der Waals surface area contributed by atoms with Gasteiger partial charge in [-0.1, -0.05) is 30.3 Å². The van der Waals surface area contributed by atoms with Crippen molar-refractivity contribution in [3.63, 3.8) is 0 Å². The van der Waals surface area contributed by atoms with E-state index in [2.05, 4.69) is 5.32 Å². The van der Waals surface area contributed by atoms with Gasteiger partial charge in [-0.2, -0.15) is 0 Å². The molecule has 0 bridgehead atoms. The number of ether oxygens (including phenoxy) is 2. The number of methoxy groups -OCH3 is 1. The zero-order valence-electron chi connectivity index (χ0n) is 15.8. The molecule has 0 radical (unpaired) electrons. The average Bonchev–Trinajstić information content (AvgIpc) is 2.88. The van der Waals surface area contributed by atoms with Crippen molar-refractivity contribution in [3.05, 3.63) is 35.9 Å². The molecule has 0 spiro atoms. The minimum absolute atomic E-state index is 0.0295. The molecule has 1 saturated heterocycles. The van der Waals surface area contributed by atoms with Crippen LogP contribution in [-0.2, 0) is 19.1 Å². The lowest BCUT2D eigenvalue weighted by molar-refractivity contribution is -0.151. The molecule has 1 N–H and O–H groups in total. The number of esters is 1. The Hall–Kier alpha value is -1.92. The second kappa shape index (κ2) is 7.14. The molecule has 6 heteroatoms. The van der Waals surface area contributed by atoms with Gasteiger partial charge in [0.1, 0.15) is 11.3 Å². The maximum absolute atomic E-state index is 12.8. The fraction of sp³-hybridized carbons (Fsp3) is 0.579. The Labute approximate surface area is 149 Å². The zero-order chi connectivity index (χ0) is 18.8. The molecule has 138 valence electrons. The Morgan fingerprint density at radius 3 is 2.48 bits per heavy atom. The van der Waals surface area contributed by atoms with E-state index in [9.17, 15) is 9.59 Å². The highest BCUT2D eigenvalue weighted by molar-refractivity contribution is 5.89. The lowest BCUT2D eigenvalue weighted by Gasteiger charge is -2.38. The Morgan fingerprint density at radius 2 is 1.92 bits per heavy atom. The first-order valence-electron chi connectivity index (χ1n) is 8.48. The van der Waals surface area contributed by atoms with Gasteiger partial charge in [-0.05, 0) is 40.2 Å². The van der Waals surface area contributed by atoms with Crippen LogP contribution in [0.15, 0.2) is 30.3 Å². The molecular weight excluding hydrogens is 320 g/mol. The maximum atomic E-state index is 12.8. The summed E-state index contributed by atoms with van der Waals surface area (Å²) >= 11 is 0. The summed E-state index contributed by atoms with van der Waals surface area (Å²) in [5.41, 5.74) is -0.584. The number of rotatable bonds is 5. The van der Waals surface area contributed by atoms with Crippen LogP contribution in [0, 0.1) is 0 Å². The van der Waals surface area contributed by atoms with Gasteiger partial charge in [0.05, 0.1) is 25.8 Å². The van der Waals surface area contributed by atoms with Crippen LogP contribution in [0.4, 0.5) is 0 Å². The molecule has 1 fully saturated rings. The van der Waals surface area contributed by atoms with Crippen molar-refractivity contribution < 1.29 is 19.1 Å². The van der Waals surface area contributed by atoms with Crippen molar-refractivity contribution in [3.8, 4) is 0 Å². The molecule has 6 nitrogen and oxygen atoms in total. The molecule has 1 aromatic rings. The number of carbonyl (C=O) groups is 2. The van der Waals surface area contributed by atoms with E-state index in [4.69, 9.17) is 9.47 Å². The van der Waals surface area contributed by atoms with Crippen LogP contribution in [-0.4, -0.2) is 47.8 Å². The number of hydrogen-bond acceptors (Lipinski definition) is 5. The van der Waals surface area contributed by atoms with Gasteiger partial charge in [-0.15, -0.1) is 0 Å². The number of carbonyl (C=O) groups excluding carboxylic acids is 2. The van der Waals surface area contributed by atoms with Crippen molar-refractivity contribution in [2.75, 3.05) is 13.7 Å². The standard InChI is InChI=1S/C19H28N2O4/c1-13(16(22)20-18(2,3)17(23)24-6)21-15(12-25-19(21,4)5)14-10-8-7-9-11-14/h7-11,13,15H,12H2,1-6H3,(H,20,22)/t13-,15+/m1/s1. The molecule has 1 aromatic carbocycles. The third-order valence-electron chi connectivity index (χ3n) is 4.66. The minimum Gasteiger partial charge on any atom is -0.467 e. The molecule has 0 aromatic heterocycles. The Kier molecular flexibility index (Phi) is 5.54. The van der Waals surface area contributed by atoms with Crippen LogP contribution in [0.2, 0.25) is 0 Å². The third kappa shape index (κ3) is 4.02. The topological polar surface area (TPSA) is 67.9 Å². The number of nitrogens with zero attached hydrogens (tertiary/aromatic N) is 1. The summed E-state index contributed by atoms with van der Waals surface area (Å²) in [6.45, 7) is 9.49. The minimum atomic E-state index is -1.09. The summed E-state index contributed by atoms with van der Waals surface area (Å²) < 4.78 is 10.7. The van der Waals surface area contributed by atoms with Gasteiger partial charge >= 0.3 is 5.97 Å². The fourth-order valence-corrected chi connectivity index (χ4v) is 3.33.